The van der Waals surface area contributed by atoms with E-state index in [4.69, 9.17) is 9.47 Å². The first kappa shape index (κ1) is 11.9. The van der Waals surface area contributed by atoms with Crippen LogP contribution in [-0.2, 0) is 9.47 Å². The summed E-state index contributed by atoms with van der Waals surface area (Å²) in [4.78, 5) is 0. The van der Waals surface area contributed by atoms with Gasteiger partial charge in [-0.15, -0.1) is 0 Å². The van der Waals surface area contributed by atoms with Crippen molar-refractivity contribution < 1.29 is 9.47 Å². The predicted octanol–water partition coefficient (Wildman–Crippen LogP) is 2.43. The highest BCUT2D eigenvalue weighted by atomic mass is 16.5. The Kier molecular flexibility index (Phi) is 6.39. The molecule has 0 heterocycles. The first-order valence-corrected chi connectivity index (χ1v) is 4.51. The first-order valence-electron chi connectivity index (χ1n) is 4.51. The Hall–Kier alpha value is -0.0800. The van der Waals surface area contributed by atoms with Gasteiger partial charge in [0, 0.05) is 13.7 Å². The highest BCUT2D eigenvalue weighted by Crippen LogP contribution is 2.07. The molecule has 0 fully saturated rings. The summed E-state index contributed by atoms with van der Waals surface area (Å²) < 4.78 is 10.4. The van der Waals surface area contributed by atoms with E-state index in [2.05, 4.69) is 27.2 Å². The number of ether oxygens (including phenoxy) is 2. The van der Waals surface area contributed by atoms with Crippen LogP contribution in [0.25, 0.3) is 0 Å². The van der Waals surface area contributed by atoms with E-state index in [-0.39, 0.29) is 5.60 Å². The van der Waals surface area contributed by atoms with Crippen LogP contribution in [-0.4, -0.2) is 25.9 Å². The summed E-state index contributed by atoms with van der Waals surface area (Å²) in [7, 11) is 1.73. The van der Waals surface area contributed by atoms with Crippen LogP contribution in [0, 0.1) is 6.42 Å². The number of hydrogen-bond donors (Lipinski definition) is 0. The number of unbranched alkanes of at least 4 members (excludes halogenated alkanes) is 2. The van der Waals surface area contributed by atoms with Crippen LogP contribution in [0.3, 0.4) is 0 Å². The molecule has 12 heavy (non-hydrogen) atoms. The molecule has 1 radical (unpaired) electrons. The van der Waals surface area contributed by atoms with Crippen molar-refractivity contribution in [2.75, 3.05) is 20.3 Å². The summed E-state index contributed by atoms with van der Waals surface area (Å²) in [5.41, 5.74) is -0.0161. The summed E-state index contributed by atoms with van der Waals surface area (Å²) in [6.45, 7) is 7.78. The standard InChI is InChI=1S/C10H21O2/c1-10(2,3)12-9-7-5-6-8-11-4/h7H,5-6,8-9H2,1-4H3. The quantitative estimate of drug-likeness (QED) is 0.574. The van der Waals surface area contributed by atoms with Gasteiger partial charge in [0.2, 0.25) is 0 Å². The third-order valence-corrected chi connectivity index (χ3v) is 1.39. The van der Waals surface area contributed by atoms with Crippen molar-refractivity contribution in [3.05, 3.63) is 6.42 Å². The minimum atomic E-state index is -0.0161. The maximum absolute atomic E-state index is 5.51. The molecule has 0 atom stereocenters. The van der Waals surface area contributed by atoms with E-state index in [0.29, 0.717) is 0 Å². The lowest BCUT2D eigenvalue weighted by molar-refractivity contribution is 0.00843. The Bertz CT molecular complexity index is 94.5. The zero-order chi connectivity index (χ0) is 9.45. The SMILES string of the molecule is COCCC[CH]COC(C)(C)C. The fourth-order valence-electron chi connectivity index (χ4n) is 0.764. The van der Waals surface area contributed by atoms with Gasteiger partial charge in [0.25, 0.3) is 0 Å². The highest BCUT2D eigenvalue weighted by molar-refractivity contribution is 4.67. The molecule has 73 valence electrons. The smallest absolute Gasteiger partial charge is 0.0598 e. The lowest BCUT2D eigenvalue weighted by Crippen LogP contribution is -2.19. The second-order valence-corrected chi connectivity index (χ2v) is 3.85. The van der Waals surface area contributed by atoms with Crippen molar-refractivity contribution in [2.24, 2.45) is 0 Å². The Balaban J connectivity index is 3.01. The van der Waals surface area contributed by atoms with E-state index in [0.717, 1.165) is 26.1 Å². The molecular formula is C10H21O2. The van der Waals surface area contributed by atoms with Gasteiger partial charge in [-0.2, -0.15) is 0 Å². The minimum absolute atomic E-state index is 0.0161. The average molecular weight is 173 g/mol. The van der Waals surface area contributed by atoms with Gasteiger partial charge in [-0.1, -0.05) is 0 Å². The molecule has 0 aromatic heterocycles. The molecule has 0 aromatic rings. The second kappa shape index (κ2) is 6.44. The molecule has 0 rings (SSSR count). The monoisotopic (exact) mass is 173 g/mol. The van der Waals surface area contributed by atoms with Crippen LogP contribution in [0.2, 0.25) is 0 Å². The number of rotatable bonds is 6. The second-order valence-electron chi connectivity index (χ2n) is 3.85. The molecule has 0 saturated heterocycles. The fraction of sp³-hybridized carbons (Fsp3) is 0.900. The maximum Gasteiger partial charge on any atom is 0.0598 e. The molecule has 0 amide bonds. The molecule has 0 saturated carbocycles. The van der Waals surface area contributed by atoms with Crippen molar-refractivity contribution >= 4 is 0 Å². The molecule has 0 aliphatic heterocycles. The summed E-state index contributed by atoms with van der Waals surface area (Å²) in [6, 6.07) is 0. The van der Waals surface area contributed by atoms with Crippen LogP contribution in [0.4, 0.5) is 0 Å². The third-order valence-electron chi connectivity index (χ3n) is 1.39. The van der Waals surface area contributed by atoms with E-state index >= 15 is 0 Å². The van der Waals surface area contributed by atoms with Crippen molar-refractivity contribution in [1.82, 2.24) is 0 Å². The molecule has 0 aliphatic carbocycles. The molecule has 0 unspecified atom stereocenters. The van der Waals surface area contributed by atoms with Crippen LogP contribution in [0.5, 0.6) is 0 Å². The molecule has 0 bridgehead atoms. The molecular weight excluding hydrogens is 152 g/mol. The van der Waals surface area contributed by atoms with Crippen molar-refractivity contribution in [1.29, 1.82) is 0 Å². The van der Waals surface area contributed by atoms with Gasteiger partial charge in [0.1, 0.15) is 0 Å². The Morgan fingerprint density at radius 2 is 1.92 bits per heavy atom. The zero-order valence-electron chi connectivity index (χ0n) is 8.72. The van der Waals surface area contributed by atoms with Crippen LogP contribution in [0.15, 0.2) is 0 Å². The van der Waals surface area contributed by atoms with Gasteiger partial charge in [-0.05, 0) is 40.0 Å². The molecule has 2 nitrogen and oxygen atoms in total. The van der Waals surface area contributed by atoms with Crippen LogP contribution >= 0.6 is 0 Å². The Labute approximate surface area is 76.3 Å². The van der Waals surface area contributed by atoms with E-state index < -0.39 is 0 Å². The first-order chi connectivity index (χ1) is 5.56. The number of methoxy groups -OCH3 is 1. The molecule has 0 N–H and O–H groups in total. The lowest BCUT2D eigenvalue weighted by Gasteiger charge is -2.19. The third kappa shape index (κ3) is 9.92. The topological polar surface area (TPSA) is 18.5 Å². The largest absolute Gasteiger partial charge is 0.385 e. The molecule has 0 spiro atoms. The summed E-state index contributed by atoms with van der Waals surface area (Å²) in [5, 5.41) is 0. The van der Waals surface area contributed by atoms with E-state index in [1.165, 1.54) is 0 Å². The van der Waals surface area contributed by atoms with Gasteiger partial charge in [-0.3, -0.25) is 0 Å². The molecule has 2 heteroatoms. The summed E-state index contributed by atoms with van der Waals surface area (Å²) >= 11 is 0. The van der Waals surface area contributed by atoms with Gasteiger partial charge in [0.15, 0.2) is 0 Å². The van der Waals surface area contributed by atoms with Gasteiger partial charge >= 0.3 is 0 Å². The summed E-state index contributed by atoms with van der Waals surface area (Å²) in [5.74, 6) is 0. The normalized spacial score (nSPS) is 12.0. The Morgan fingerprint density at radius 1 is 1.25 bits per heavy atom. The average Bonchev–Trinajstić information content (AvgIpc) is 1.94. The maximum atomic E-state index is 5.51. The highest BCUT2D eigenvalue weighted by Gasteiger charge is 2.08. The molecule has 0 aromatic carbocycles. The van der Waals surface area contributed by atoms with Crippen LogP contribution in [0.1, 0.15) is 33.6 Å². The Morgan fingerprint density at radius 3 is 2.42 bits per heavy atom. The molecule has 0 aliphatic rings. The van der Waals surface area contributed by atoms with Gasteiger partial charge < -0.3 is 9.47 Å². The lowest BCUT2D eigenvalue weighted by atomic mass is 10.2. The van der Waals surface area contributed by atoms with E-state index in [9.17, 15) is 0 Å². The van der Waals surface area contributed by atoms with Crippen molar-refractivity contribution in [3.8, 4) is 0 Å². The van der Waals surface area contributed by atoms with Gasteiger partial charge in [-0.25, -0.2) is 0 Å². The summed E-state index contributed by atoms with van der Waals surface area (Å²) in [6.07, 6.45) is 4.32. The fourth-order valence-corrected chi connectivity index (χ4v) is 0.764. The van der Waals surface area contributed by atoms with Gasteiger partial charge in [0.05, 0.1) is 12.2 Å². The van der Waals surface area contributed by atoms with Crippen LogP contribution < -0.4 is 0 Å². The van der Waals surface area contributed by atoms with E-state index in [1.807, 2.05) is 0 Å². The zero-order valence-corrected chi connectivity index (χ0v) is 8.72. The van der Waals surface area contributed by atoms with E-state index in [1.54, 1.807) is 7.11 Å². The minimum Gasteiger partial charge on any atom is -0.385 e. The van der Waals surface area contributed by atoms with Crippen molar-refractivity contribution in [2.45, 2.75) is 39.2 Å². The predicted molar refractivity (Wildman–Crippen MR) is 51.1 cm³/mol. The number of hydrogen-bond acceptors (Lipinski definition) is 2. The van der Waals surface area contributed by atoms with Crippen molar-refractivity contribution in [3.63, 3.8) is 0 Å².